The van der Waals surface area contributed by atoms with Crippen molar-refractivity contribution in [3.8, 4) is 0 Å². The molecule has 0 spiro atoms. The third-order valence-electron chi connectivity index (χ3n) is 5.57. The fraction of sp³-hybridized carbons (Fsp3) is 0.762. The third kappa shape index (κ3) is 10.9. The van der Waals surface area contributed by atoms with E-state index in [1.807, 2.05) is 20.1 Å². The van der Waals surface area contributed by atoms with Gasteiger partial charge in [-0.15, -0.1) is 0 Å². The van der Waals surface area contributed by atoms with Crippen molar-refractivity contribution in [2.45, 2.75) is 77.5 Å². The van der Waals surface area contributed by atoms with Crippen LogP contribution in [0.25, 0.3) is 0 Å². The minimum atomic E-state index is -1.20. The fourth-order valence-corrected chi connectivity index (χ4v) is 3.45. The highest BCUT2D eigenvalue weighted by Gasteiger charge is 2.33. The molecule has 0 heterocycles. The molecule has 0 aliphatic rings. The van der Waals surface area contributed by atoms with E-state index >= 15 is 0 Å². The molecule has 0 aromatic carbocycles. The molecule has 0 radical (unpaired) electrons. The van der Waals surface area contributed by atoms with E-state index in [1.165, 1.54) is 11.8 Å². The molecule has 0 saturated carbocycles. The second-order valence-electron chi connectivity index (χ2n) is 8.20. The number of rotatable bonds is 16. The maximum atomic E-state index is 13.1. The van der Waals surface area contributed by atoms with Crippen LogP contribution in [0, 0.1) is 11.8 Å². The number of thioether (sulfide) groups is 1. The van der Waals surface area contributed by atoms with Crippen LogP contribution in [-0.2, 0) is 24.0 Å². The Morgan fingerprint density at radius 1 is 0.879 bits per heavy atom. The van der Waals surface area contributed by atoms with Gasteiger partial charge in [-0.2, -0.15) is 11.8 Å². The maximum absolute atomic E-state index is 13.1. The zero-order valence-electron chi connectivity index (χ0n) is 20.1. The topological polar surface area (TPSA) is 194 Å². The lowest BCUT2D eigenvalue weighted by Gasteiger charge is -2.28. The number of aliphatic carboxylic acids is 1. The number of hydrogen-bond donors (Lipinski definition) is 6. The highest BCUT2D eigenvalue weighted by molar-refractivity contribution is 7.98. The highest BCUT2D eigenvalue weighted by atomic mass is 32.2. The van der Waals surface area contributed by atoms with Gasteiger partial charge in [-0.25, -0.2) is 4.79 Å². The van der Waals surface area contributed by atoms with Crippen LogP contribution in [0.5, 0.6) is 0 Å². The van der Waals surface area contributed by atoms with Gasteiger partial charge in [0.1, 0.15) is 18.1 Å². The molecule has 0 rings (SSSR count). The predicted molar refractivity (Wildman–Crippen MR) is 127 cm³/mol. The van der Waals surface area contributed by atoms with Gasteiger partial charge in [0.25, 0.3) is 0 Å². The molecule has 11 nitrogen and oxygen atoms in total. The van der Waals surface area contributed by atoms with E-state index in [-0.39, 0.29) is 24.7 Å². The number of nitrogens with two attached hydrogens (primary N) is 2. The zero-order chi connectivity index (χ0) is 25.7. The average Bonchev–Trinajstić information content (AvgIpc) is 2.76. The van der Waals surface area contributed by atoms with E-state index in [1.54, 1.807) is 13.8 Å². The number of carbonyl (C=O) groups is 5. The number of carbonyl (C=O) groups excluding carboxylic acids is 4. The van der Waals surface area contributed by atoms with Crippen molar-refractivity contribution in [1.82, 2.24) is 16.0 Å². The Morgan fingerprint density at radius 3 is 1.85 bits per heavy atom. The minimum Gasteiger partial charge on any atom is -0.480 e. The molecule has 0 fully saturated rings. The van der Waals surface area contributed by atoms with Crippen LogP contribution in [0.4, 0.5) is 0 Å². The summed E-state index contributed by atoms with van der Waals surface area (Å²) in [6.45, 7) is 7.13. The molecule has 12 heteroatoms. The number of amides is 4. The van der Waals surface area contributed by atoms with Crippen molar-refractivity contribution in [1.29, 1.82) is 0 Å². The Balaban J connectivity index is 5.56. The summed E-state index contributed by atoms with van der Waals surface area (Å²) >= 11 is 1.47. The molecule has 0 aromatic rings. The molecule has 0 bridgehead atoms. The highest BCUT2D eigenvalue weighted by Crippen LogP contribution is 2.12. The number of carboxylic acids is 1. The van der Waals surface area contributed by atoms with Gasteiger partial charge in [0.15, 0.2) is 0 Å². The first-order valence-electron chi connectivity index (χ1n) is 11.1. The predicted octanol–water partition coefficient (Wildman–Crippen LogP) is -0.427. The van der Waals surface area contributed by atoms with Crippen molar-refractivity contribution < 1.29 is 29.1 Å². The second kappa shape index (κ2) is 15.5. The van der Waals surface area contributed by atoms with Crippen LogP contribution in [0.2, 0.25) is 0 Å². The summed E-state index contributed by atoms with van der Waals surface area (Å²) in [6, 6.07) is -4.29. The van der Waals surface area contributed by atoms with Crippen LogP contribution >= 0.6 is 11.8 Å². The fourth-order valence-electron chi connectivity index (χ4n) is 2.97. The van der Waals surface area contributed by atoms with Gasteiger partial charge in [-0.3, -0.25) is 19.2 Å². The average molecular weight is 490 g/mol. The van der Waals surface area contributed by atoms with Crippen LogP contribution in [0.15, 0.2) is 0 Å². The van der Waals surface area contributed by atoms with Gasteiger partial charge in [0.2, 0.25) is 23.6 Å². The van der Waals surface area contributed by atoms with Gasteiger partial charge in [-0.1, -0.05) is 40.5 Å². The Labute approximate surface area is 199 Å². The number of primary amides is 1. The molecule has 8 N–H and O–H groups in total. The van der Waals surface area contributed by atoms with Crippen LogP contribution in [-0.4, -0.2) is 70.9 Å². The molecule has 190 valence electrons. The molecule has 6 atom stereocenters. The normalized spacial score (nSPS) is 16.4. The second-order valence-corrected chi connectivity index (χ2v) is 9.19. The standard InChI is InChI=1S/C21H39N5O6S/c1-6-11(3)16(25-18(28)13(22)10-15(23)27)20(30)24-14(8-9-33-5)19(29)26-17(21(31)32)12(4)7-2/h11-14,16-17H,6-10,22H2,1-5H3,(H2,23,27)(H,24,30)(H,25,28)(H,26,29)(H,31,32). The minimum absolute atomic E-state index is 0.272. The summed E-state index contributed by atoms with van der Waals surface area (Å²) < 4.78 is 0. The largest absolute Gasteiger partial charge is 0.480 e. The lowest BCUT2D eigenvalue weighted by Crippen LogP contribution is -2.59. The van der Waals surface area contributed by atoms with E-state index in [4.69, 9.17) is 11.5 Å². The molecular weight excluding hydrogens is 450 g/mol. The summed E-state index contributed by atoms with van der Waals surface area (Å²) in [7, 11) is 0. The molecule has 4 amide bonds. The Bertz CT molecular complexity index is 692. The smallest absolute Gasteiger partial charge is 0.326 e. The molecular formula is C21H39N5O6S. The van der Waals surface area contributed by atoms with Crippen LogP contribution in [0.3, 0.4) is 0 Å². The first kappa shape index (κ1) is 30.7. The van der Waals surface area contributed by atoms with Gasteiger partial charge < -0.3 is 32.5 Å². The lowest BCUT2D eigenvalue weighted by atomic mass is 9.96. The number of hydrogen-bond acceptors (Lipinski definition) is 7. The first-order chi connectivity index (χ1) is 15.4. The van der Waals surface area contributed by atoms with E-state index in [9.17, 15) is 29.1 Å². The maximum Gasteiger partial charge on any atom is 0.326 e. The Morgan fingerprint density at radius 2 is 1.39 bits per heavy atom. The van der Waals surface area contributed by atoms with Gasteiger partial charge in [-0.05, 0) is 30.3 Å². The molecule has 0 saturated heterocycles. The first-order valence-corrected chi connectivity index (χ1v) is 12.4. The molecule has 6 unspecified atom stereocenters. The van der Waals surface area contributed by atoms with E-state index in [0.29, 0.717) is 18.6 Å². The monoisotopic (exact) mass is 489 g/mol. The summed E-state index contributed by atoms with van der Waals surface area (Å²) in [5, 5.41) is 17.2. The van der Waals surface area contributed by atoms with Crippen molar-refractivity contribution in [2.24, 2.45) is 23.3 Å². The van der Waals surface area contributed by atoms with Crippen LogP contribution < -0.4 is 27.4 Å². The van der Waals surface area contributed by atoms with Gasteiger partial charge in [0, 0.05) is 0 Å². The molecule has 0 aromatic heterocycles. The van der Waals surface area contributed by atoms with Gasteiger partial charge in [0.05, 0.1) is 12.5 Å². The van der Waals surface area contributed by atoms with E-state index in [0.717, 1.165) is 0 Å². The quantitative estimate of drug-likeness (QED) is 0.168. The number of nitrogens with one attached hydrogen (secondary N) is 3. The van der Waals surface area contributed by atoms with Crippen molar-refractivity contribution in [3.05, 3.63) is 0 Å². The molecule has 0 aliphatic heterocycles. The third-order valence-corrected chi connectivity index (χ3v) is 6.22. The SMILES string of the molecule is CCC(C)C(NC(=O)C(CCSC)NC(=O)C(NC(=O)C(N)CC(N)=O)C(C)CC)C(=O)O. The summed E-state index contributed by atoms with van der Waals surface area (Å²) in [5.74, 6) is -3.87. The molecule has 33 heavy (non-hydrogen) atoms. The Hall–Kier alpha value is -2.34. The molecule has 0 aliphatic carbocycles. The van der Waals surface area contributed by atoms with E-state index < -0.39 is 53.8 Å². The number of carboxylic acid groups (broad SMARTS) is 1. The summed E-state index contributed by atoms with van der Waals surface area (Å²) in [6.07, 6.45) is 2.84. The lowest BCUT2D eigenvalue weighted by molar-refractivity contribution is -0.144. The van der Waals surface area contributed by atoms with E-state index in [2.05, 4.69) is 16.0 Å². The van der Waals surface area contributed by atoms with Crippen LogP contribution in [0.1, 0.15) is 53.4 Å². The van der Waals surface area contributed by atoms with Crippen molar-refractivity contribution in [2.75, 3.05) is 12.0 Å². The summed E-state index contributed by atoms with van der Waals surface area (Å²) in [5.41, 5.74) is 10.8. The van der Waals surface area contributed by atoms with Gasteiger partial charge >= 0.3 is 5.97 Å². The summed E-state index contributed by atoms with van der Waals surface area (Å²) in [4.78, 5) is 60.9. The van der Waals surface area contributed by atoms with Crippen molar-refractivity contribution in [3.63, 3.8) is 0 Å². The van der Waals surface area contributed by atoms with Crippen molar-refractivity contribution >= 4 is 41.4 Å². The Kier molecular flexibility index (Phi) is 14.4. The zero-order valence-corrected chi connectivity index (χ0v) is 20.9.